The van der Waals surface area contributed by atoms with Crippen LogP contribution in [0.3, 0.4) is 0 Å². The predicted octanol–water partition coefficient (Wildman–Crippen LogP) is 3.19. The Bertz CT molecular complexity index is 1400. The second-order valence-electron chi connectivity index (χ2n) is 8.95. The van der Waals surface area contributed by atoms with Crippen LogP contribution in [0.4, 0.5) is 17.5 Å². The third kappa shape index (κ3) is 4.76. The lowest BCUT2D eigenvalue weighted by Crippen LogP contribution is -2.39. The Morgan fingerprint density at radius 2 is 2.00 bits per heavy atom. The summed E-state index contributed by atoms with van der Waals surface area (Å²) in [6, 6.07) is 8.07. The van der Waals surface area contributed by atoms with Gasteiger partial charge in [0.2, 0.25) is 11.9 Å². The molecular weight excluding hydrogens is 482 g/mol. The Labute approximate surface area is 212 Å². The molecule has 1 saturated carbocycles. The lowest BCUT2D eigenvalue weighted by molar-refractivity contribution is -0.136. The number of nitriles is 2. The Hall–Kier alpha value is -3.93. The Morgan fingerprint density at radius 1 is 1.22 bits per heavy atom. The number of anilines is 3. The zero-order valence-corrected chi connectivity index (χ0v) is 20.4. The molecule has 0 radical (unpaired) electrons. The number of ether oxygens (including phenoxy) is 1. The molecule has 1 aliphatic carbocycles. The van der Waals surface area contributed by atoms with Crippen LogP contribution < -0.4 is 10.6 Å². The molecule has 1 aliphatic heterocycles. The molecule has 12 heteroatoms. The predicted molar refractivity (Wildman–Crippen MR) is 132 cm³/mol. The first-order valence-electron chi connectivity index (χ1n) is 11.7. The van der Waals surface area contributed by atoms with Gasteiger partial charge in [-0.05, 0) is 49.3 Å². The number of carbonyl (C=O) groups is 1. The number of fused-ring (bicyclic) bond motifs is 1. The van der Waals surface area contributed by atoms with Crippen molar-refractivity contribution < 1.29 is 9.53 Å². The topological polar surface area (TPSA) is 144 Å². The standard InChI is InChI=1S/C24H24ClN9O2/c1-36-13-20(35)33-6-4-15(5-7-33)18-8-14(10-26)9-19(21(18)25)30-24-31-22(29-16-2-3-16)23-28-12-17(11-27)34(23)32-24/h8-9,12,15-16H,2-7,13H2,1H3,(H2,29,30,31,32). The Balaban J connectivity index is 1.45. The van der Waals surface area contributed by atoms with Crippen molar-refractivity contribution in [2.24, 2.45) is 0 Å². The lowest BCUT2D eigenvalue weighted by Gasteiger charge is -2.32. The highest BCUT2D eigenvalue weighted by Gasteiger charge is 2.27. The number of imidazole rings is 1. The zero-order chi connectivity index (χ0) is 25.2. The van der Waals surface area contributed by atoms with Gasteiger partial charge in [0.15, 0.2) is 17.2 Å². The number of halogens is 1. The van der Waals surface area contributed by atoms with Gasteiger partial charge in [-0.1, -0.05) is 11.6 Å². The van der Waals surface area contributed by atoms with Gasteiger partial charge in [-0.3, -0.25) is 4.79 Å². The summed E-state index contributed by atoms with van der Waals surface area (Å²) < 4.78 is 6.40. The van der Waals surface area contributed by atoms with E-state index in [1.54, 1.807) is 17.0 Å². The lowest BCUT2D eigenvalue weighted by atomic mass is 9.88. The minimum absolute atomic E-state index is 0.0328. The Kier molecular flexibility index (Phi) is 6.59. The molecule has 5 rings (SSSR count). The van der Waals surface area contributed by atoms with Gasteiger partial charge < -0.3 is 20.3 Å². The summed E-state index contributed by atoms with van der Waals surface area (Å²) in [6.07, 6.45) is 4.99. The number of methoxy groups -OCH3 is 1. The molecule has 184 valence electrons. The van der Waals surface area contributed by atoms with Crippen LogP contribution in [0.5, 0.6) is 0 Å². The summed E-state index contributed by atoms with van der Waals surface area (Å²) >= 11 is 6.84. The van der Waals surface area contributed by atoms with Gasteiger partial charge in [-0.15, -0.1) is 5.10 Å². The number of hydrogen-bond donors (Lipinski definition) is 2. The average Bonchev–Trinajstić information content (AvgIpc) is 3.61. The molecule has 3 heterocycles. The molecule has 2 fully saturated rings. The number of hydrogen-bond acceptors (Lipinski definition) is 9. The molecule has 1 aromatic carbocycles. The fourth-order valence-corrected chi connectivity index (χ4v) is 4.71. The van der Waals surface area contributed by atoms with Gasteiger partial charge in [0.1, 0.15) is 12.7 Å². The third-order valence-electron chi connectivity index (χ3n) is 6.43. The molecule has 0 unspecified atom stereocenters. The fourth-order valence-electron chi connectivity index (χ4n) is 4.40. The van der Waals surface area contributed by atoms with E-state index < -0.39 is 0 Å². The smallest absolute Gasteiger partial charge is 0.248 e. The molecule has 3 aromatic rings. The summed E-state index contributed by atoms with van der Waals surface area (Å²) in [5.74, 6) is 0.808. The van der Waals surface area contributed by atoms with Crippen molar-refractivity contribution in [1.29, 1.82) is 10.5 Å². The van der Waals surface area contributed by atoms with E-state index in [2.05, 4.69) is 37.8 Å². The quantitative estimate of drug-likeness (QED) is 0.494. The monoisotopic (exact) mass is 505 g/mol. The van der Waals surface area contributed by atoms with Crippen LogP contribution in [-0.2, 0) is 9.53 Å². The number of likely N-dealkylation sites (tertiary alicyclic amines) is 1. The van der Waals surface area contributed by atoms with Gasteiger partial charge in [0, 0.05) is 26.2 Å². The minimum Gasteiger partial charge on any atom is -0.375 e. The third-order valence-corrected chi connectivity index (χ3v) is 6.85. The molecule has 0 bridgehead atoms. The number of piperidine rings is 1. The van der Waals surface area contributed by atoms with E-state index in [1.807, 2.05) is 0 Å². The van der Waals surface area contributed by atoms with Crippen molar-refractivity contribution in [3.63, 3.8) is 0 Å². The molecule has 0 spiro atoms. The maximum atomic E-state index is 12.2. The van der Waals surface area contributed by atoms with Crippen LogP contribution in [0.1, 0.15) is 48.4 Å². The van der Waals surface area contributed by atoms with E-state index in [0.29, 0.717) is 46.9 Å². The zero-order valence-electron chi connectivity index (χ0n) is 19.7. The minimum atomic E-state index is -0.0328. The van der Waals surface area contributed by atoms with Crippen molar-refractivity contribution in [1.82, 2.24) is 24.5 Å². The van der Waals surface area contributed by atoms with E-state index in [9.17, 15) is 15.3 Å². The summed E-state index contributed by atoms with van der Waals surface area (Å²) in [4.78, 5) is 22.8. The van der Waals surface area contributed by atoms with Crippen LogP contribution >= 0.6 is 11.6 Å². The second-order valence-corrected chi connectivity index (χ2v) is 9.32. The molecule has 2 aromatic heterocycles. The summed E-state index contributed by atoms with van der Waals surface area (Å²) in [5.41, 5.74) is 2.54. The molecule has 11 nitrogen and oxygen atoms in total. The van der Waals surface area contributed by atoms with Crippen LogP contribution in [0.25, 0.3) is 5.65 Å². The van der Waals surface area contributed by atoms with E-state index in [4.69, 9.17) is 16.3 Å². The van der Waals surface area contributed by atoms with E-state index in [-0.39, 0.29) is 30.1 Å². The molecule has 2 N–H and O–H groups in total. The highest BCUT2D eigenvalue weighted by Crippen LogP contribution is 2.38. The van der Waals surface area contributed by atoms with Crippen LogP contribution in [0.15, 0.2) is 18.3 Å². The maximum absolute atomic E-state index is 12.2. The highest BCUT2D eigenvalue weighted by molar-refractivity contribution is 6.34. The number of carbonyl (C=O) groups excluding carboxylic acids is 1. The number of aromatic nitrogens is 4. The first kappa shape index (κ1) is 23.8. The normalized spacial score (nSPS) is 15.9. The van der Waals surface area contributed by atoms with Gasteiger partial charge >= 0.3 is 0 Å². The first-order chi connectivity index (χ1) is 17.5. The maximum Gasteiger partial charge on any atom is 0.248 e. The first-order valence-corrected chi connectivity index (χ1v) is 12.1. The molecule has 0 atom stereocenters. The SMILES string of the molecule is COCC(=O)N1CCC(c2cc(C#N)cc(Nc3nc(NC4CC4)c4ncc(C#N)n4n3)c2Cl)CC1. The molecule has 2 aliphatic rings. The van der Waals surface area contributed by atoms with Crippen molar-refractivity contribution in [2.75, 3.05) is 37.4 Å². The van der Waals surface area contributed by atoms with E-state index in [0.717, 1.165) is 31.2 Å². The van der Waals surface area contributed by atoms with Crippen molar-refractivity contribution in [2.45, 2.75) is 37.6 Å². The average molecular weight is 506 g/mol. The van der Waals surface area contributed by atoms with Gasteiger partial charge in [-0.2, -0.15) is 20.0 Å². The fraction of sp³-hybridized carbons (Fsp3) is 0.417. The van der Waals surface area contributed by atoms with Crippen molar-refractivity contribution in [3.8, 4) is 12.1 Å². The molecule has 36 heavy (non-hydrogen) atoms. The summed E-state index contributed by atoms with van der Waals surface area (Å²) in [7, 11) is 1.51. The van der Waals surface area contributed by atoms with Gasteiger partial charge in [-0.25, -0.2) is 4.98 Å². The Morgan fingerprint density at radius 3 is 2.67 bits per heavy atom. The van der Waals surface area contributed by atoms with Crippen LogP contribution in [0, 0.1) is 22.7 Å². The van der Waals surface area contributed by atoms with Crippen LogP contribution in [0.2, 0.25) is 5.02 Å². The van der Waals surface area contributed by atoms with Gasteiger partial charge in [0.25, 0.3) is 0 Å². The summed E-state index contributed by atoms with van der Waals surface area (Å²) in [6.45, 7) is 1.25. The second kappa shape index (κ2) is 9.97. The molecular formula is C24H24ClN9O2. The van der Waals surface area contributed by atoms with Crippen LogP contribution in [-0.4, -0.2) is 63.2 Å². The number of nitrogens with zero attached hydrogens (tertiary/aromatic N) is 7. The molecule has 1 amide bonds. The van der Waals surface area contributed by atoms with Crippen molar-refractivity contribution in [3.05, 3.63) is 40.2 Å². The van der Waals surface area contributed by atoms with E-state index >= 15 is 0 Å². The number of rotatable bonds is 7. The number of amides is 1. The molecule has 1 saturated heterocycles. The number of nitrogens with one attached hydrogen (secondary N) is 2. The van der Waals surface area contributed by atoms with E-state index in [1.165, 1.54) is 17.8 Å². The largest absolute Gasteiger partial charge is 0.375 e. The summed E-state index contributed by atoms with van der Waals surface area (Å²) in [5, 5.41) is 30.5. The van der Waals surface area contributed by atoms with Gasteiger partial charge in [0.05, 0.1) is 28.5 Å². The highest BCUT2D eigenvalue weighted by atomic mass is 35.5. The number of benzene rings is 1. The van der Waals surface area contributed by atoms with Crippen molar-refractivity contribution >= 4 is 40.6 Å².